The Bertz CT molecular complexity index is 396. The van der Waals surface area contributed by atoms with Crippen LogP contribution in [0.5, 0.6) is 0 Å². The summed E-state index contributed by atoms with van der Waals surface area (Å²) in [6, 6.07) is 3.40. The van der Waals surface area contributed by atoms with Gasteiger partial charge in [-0.05, 0) is 30.5 Å². The molecule has 80 valence electrons. The van der Waals surface area contributed by atoms with Crippen molar-refractivity contribution in [2.75, 3.05) is 0 Å². The molecule has 1 aromatic heterocycles. The van der Waals surface area contributed by atoms with Gasteiger partial charge in [0.25, 0.3) is 0 Å². The van der Waals surface area contributed by atoms with Crippen molar-refractivity contribution in [2.45, 2.75) is 24.7 Å². The second-order valence-corrected chi connectivity index (χ2v) is 4.63. The summed E-state index contributed by atoms with van der Waals surface area (Å²) < 4.78 is 0. The third-order valence-electron chi connectivity index (χ3n) is 2.72. The van der Waals surface area contributed by atoms with E-state index in [0.717, 1.165) is 18.4 Å². The second kappa shape index (κ2) is 3.65. The molecule has 0 aromatic carbocycles. The largest absolute Gasteiger partial charge is 0.481 e. The van der Waals surface area contributed by atoms with Crippen LogP contribution in [0, 0.1) is 0 Å². The average molecular weight is 246 g/mol. The number of carboxylic acids is 1. The second-order valence-electron chi connectivity index (χ2n) is 3.85. The number of aliphatic carboxylic acids is 1. The summed E-state index contributed by atoms with van der Waals surface area (Å²) in [5.41, 5.74) is 0.622. The standard InChI is InChI=1S/C10H9Cl2NO2/c11-7-3-6(4-8(12)13-7)10(1-2-10)5-9(14)15/h3-4H,1-2,5H2,(H,14,15). The van der Waals surface area contributed by atoms with Gasteiger partial charge >= 0.3 is 5.97 Å². The number of pyridine rings is 1. The van der Waals surface area contributed by atoms with Gasteiger partial charge in [0.2, 0.25) is 0 Å². The van der Waals surface area contributed by atoms with E-state index >= 15 is 0 Å². The lowest BCUT2D eigenvalue weighted by atomic mass is 9.93. The minimum absolute atomic E-state index is 0.129. The van der Waals surface area contributed by atoms with Crippen molar-refractivity contribution in [3.63, 3.8) is 0 Å². The molecule has 0 bridgehead atoms. The molecule has 0 amide bonds. The van der Waals surface area contributed by atoms with Gasteiger partial charge in [0.05, 0.1) is 6.42 Å². The van der Waals surface area contributed by atoms with Crippen LogP contribution in [0.1, 0.15) is 24.8 Å². The topological polar surface area (TPSA) is 50.2 Å². The van der Waals surface area contributed by atoms with E-state index in [4.69, 9.17) is 28.3 Å². The number of carboxylic acid groups (broad SMARTS) is 1. The number of halogens is 2. The first-order valence-corrected chi connectivity index (χ1v) is 5.33. The van der Waals surface area contributed by atoms with Crippen LogP contribution in [0.3, 0.4) is 0 Å². The Morgan fingerprint density at radius 2 is 1.93 bits per heavy atom. The van der Waals surface area contributed by atoms with Crippen molar-refractivity contribution >= 4 is 29.2 Å². The monoisotopic (exact) mass is 245 g/mol. The Morgan fingerprint density at radius 3 is 2.33 bits per heavy atom. The normalized spacial score (nSPS) is 17.5. The summed E-state index contributed by atoms with van der Waals surface area (Å²) >= 11 is 11.6. The van der Waals surface area contributed by atoms with Crippen molar-refractivity contribution in [3.8, 4) is 0 Å². The van der Waals surface area contributed by atoms with Crippen molar-refractivity contribution in [1.82, 2.24) is 4.98 Å². The SMILES string of the molecule is O=C(O)CC1(c2cc(Cl)nc(Cl)c2)CC1. The fourth-order valence-corrected chi connectivity index (χ4v) is 2.24. The highest BCUT2D eigenvalue weighted by atomic mass is 35.5. The number of carbonyl (C=O) groups is 1. The maximum atomic E-state index is 10.7. The highest BCUT2D eigenvalue weighted by Crippen LogP contribution is 2.51. The van der Waals surface area contributed by atoms with Crippen LogP contribution in [0.2, 0.25) is 10.3 Å². The molecule has 0 atom stereocenters. The van der Waals surface area contributed by atoms with E-state index in [1.54, 1.807) is 12.1 Å². The molecular weight excluding hydrogens is 237 g/mol. The fraction of sp³-hybridized carbons (Fsp3) is 0.400. The molecule has 1 aliphatic rings. The van der Waals surface area contributed by atoms with Crippen LogP contribution < -0.4 is 0 Å². The Morgan fingerprint density at radius 1 is 1.40 bits per heavy atom. The molecule has 0 aliphatic heterocycles. The molecule has 0 saturated heterocycles. The molecule has 15 heavy (non-hydrogen) atoms. The molecule has 1 aromatic rings. The van der Waals surface area contributed by atoms with Gasteiger partial charge < -0.3 is 5.11 Å². The van der Waals surface area contributed by atoms with E-state index in [2.05, 4.69) is 4.98 Å². The van der Waals surface area contributed by atoms with E-state index in [-0.39, 0.29) is 11.8 Å². The van der Waals surface area contributed by atoms with Gasteiger partial charge in [0.1, 0.15) is 10.3 Å². The lowest BCUT2D eigenvalue weighted by Gasteiger charge is -2.13. The van der Waals surface area contributed by atoms with E-state index in [1.165, 1.54) is 0 Å². The molecule has 1 N–H and O–H groups in total. The molecule has 0 radical (unpaired) electrons. The molecule has 1 heterocycles. The maximum absolute atomic E-state index is 10.7. The molecule has 2 rings (SSSR count). The average Bonchev–Trinajstić information content (AvgIpc) is 2.82. The third-order valence-corrected chi connectivity index (χ3v) is 3.11. The van der Waals surface area contributed by atoms with Gasteiger partial charge in [-0.3, -0.25) is 4.79 Å². The minimum atomic E-state index is -0.795. The lowest BCUT2D eigenvalue weighted by molar-refractivity contribution is -0.137. The summed E-state index contributed by atoms with van der Waals surface area (Å²) in [4.78, 5) is 14.6. The van der Waals surface area contributed by atoms with E-state index in [1.807, 2.05) is 0 Å². The predicted octanol–water partition coefficient (Wildman–Crippen LogP) is 2.89. The van der Waals surface area contributed by atoms with Crippen molar-refractivity contribution < 1.29 is 9.90 Å². The van der Waals surface area contributed by atoms with E-state index < -0.39 is 5.97 Å². The first-order valence-electron chi connectivity index (χ1n) is 4.57. The van der Waals surface area contributed by atoms with Crippen LogP contribution >= 0.6 is 23.2 Å². The van der Waals surface area contributed by atoms with E-state index in [9.17, 15) is 4.79 Å². The van der Waals surface area contributed by atoms with Crippen molar-refractivity contribution in [2.24, 2.45) is 0 Å². The van der Waals surface area contributed by atoms with Gasteiger partial charge in [-0.15, -0.1) is 0 Å². The lowest BCUT2D eigenvalue weighted by Crippen LogP contribution is -2.13. The van der Waals surface area contributed by atoms with Crippen molar-refractivity contribution in [1.29, 1.82) is 0 Å². The van der Waals surface area contributed by atoms with Crippen LogP contribution in [0.4, 0.5) is 0 Å². The molecule has 1 fully saturated rings. The Balaban J connectivity index is 2.32. The summed E-state index contributed by atoms with van der Waals surface area (Å²) in [7, 11) is 0. The van der Waals surface area contributed by atoms with E-state index in [0.29, 0.717) is 10.3 Å². The number of hydrogen-bond acceptors (Lipinski definition) is 2. The Hall–Kier alpha value is -0.800. The molecule has 5 heteroatoms. The summed E-state index contributed by atoms with van der Waals surface area (Å²) in [6.07, 6.45) is 1.87. The zero-order valence-corrected chi connectivity index (χ0v) is 9.35. The smallest absolute Gasteiger partial charge is 0.304 e. The van der Waals surface area contributed by atoms with Gasteiger partial charge in [0, 0.05) is 5.41 Å². The number of hydrogen-bond donors (Lipinski definition) is 1. The van der Waals surface area contributed by atoms with Crippen LogP contribution in [-0.2, 0) is 10.2 Å². The van der Waals surface area contributed by atoms with Gasteiger partial charge in [-0.25, -0.2) is 4.98 Å². The zero-order valence-electron chi connectivity index (χ0n) is 7.83. The van der Waals surface area contributed by atoms with Crippen LogP contribution in [0.25, 0.3) is 0 Å². The van der Waals surface area contributed by atoms with Gasteiger partial charge in [-0.1, -0.05) is 23.2 Å². The first-order chi connectivity index (χ1) is 7.02. The van der Waals surface area contributed by atoms with Gasteiger partial charge in [-0.2, -0.15) is 0 Å². The van der Waals surface area contributed by atoms with Crippen LogP contribution in [0.15, 0.2) is 12.1 Å². The highest BCUT2D eigenvalue weighted by molar-refractivity contribution is 6.32. The molecule has 0 spiro atoms. The quantitative estimate of drug-likeness (QED) is 0.834. The number of aromatic nitrogens is 1. The van der Waals surface area contributed by atoms with Gasteiger partial charge in [0.15, 0.2) is 0 Å². The molecule has 0 unspecified atom stereocenters. The summed E-state index contributed by atoms with van der Waals surface area (Å²) in [5, 5.41) is 9.44. The molecule has 1 aliphatic carbocycles. The fourth-order valence-electron chi connectivity index (χ4n) is 1.78. The Labute approximate surface area is 97.0 Å². The summed E-state index contributed by atoms with van der Waals surface area (Å²) in [6.45, 7) is 0. The Kier molecular flexibility index (Phi) is 2.61. The molecular formula is C10H9Cl2NO2. The zero-order chi connectivity index (χ0) is 11.1. The number of rotatable bonds is 3. The first kappa shape index (κ1) is 10.7. The highest BCUT2D eigenvalue weighted by Gasteiger charge is 2.46. The summed E-state index contributed by atoms with van der Waals surface area (Å²) in [5.74, 6) is -0.795. The predicted molar refractivity (Wildman–Crippen MR) is 57.4 cm³/mol. The minimum Gasteiger partial charge on any atom is -0.481 e. The molecule has 3 nitrogen and oxygen atoms in total. The van der Waals surface area contributed by atoms with Crippen molar-refractivity contribution in [3.05, 3.63) is 28.0 Å². The maximum Gasteiger partial charge on any atom is 0.304 e. The van der Waals surface area contributed by atoms with Crippen LogP contribution in [-0.4, -0.2) is 16.1 Å². The number of nitrogens with zero attached hydrogens (tertiary/aromatic N) is 1. The molecule has 1 saturated carbocycles. The third kappa shape index (κ3) is 2.24.